The van der Waals surface area contributed by atoms with Gasteiger partial charge in [-0.1, -0.05) is 20.3 Å². The molecular weight excluding hydrogens is 300 g/mol. The summed E-state index contributed by atoms with van der Waals surface area (Å²) in [6.07, 6.45) is 2.89. The highest BCUT2D eigenvalue weighted by Gasteiger charge is 2.30. The molecule has 0 radical (unpaired) electrons. The van der Waals surface area contributed by atoms with Gasteiger partial charge in [0.05, 0.1) is 4.90 Å². The van der Waals surface area contributed by atoms with Crippen molar-refractivity contribution in [1.82, 2.24) is 4.31 Å². The Morgan fingerprint density at radius 1 is 1.23 bits per heavy atom. The first-order valence-electron chi connectivity index (χ1n) is 7.75. The third-order valence-corrected chi connectivity index (χ3v) is 6.02. The Balaban J connectivity index is 2.17. The van der Waals surface area contributed by atoms with Crippen molar-refractivity contribution in [2.24, 2.45) is 5.92 Å². The van der Waals surface area contributed by atoms with Crippen LogP contribution in [0.5, 0.6) is 0 Å². The van der Waals surface area contributed by atoms with Crippen LogP contribution in [0, 0.1) is 5.92 Å². The lowest BCUT2D eigenvalue weighted by Gasteiger charge is -2.32. The molecule has 0 unspecified atom stereocenters. The zero-order chi connectivity index (χ0) is 16.3. The van der Waals surface area contributed by atoms with Gasteiger partial charge in [-0.05, 0) is 44.0 Å². The van der Waals surface area contributed by atoms with Crippen LogP contribution >= 0.6 is 0 Å². The zero-order valence-corrected chi connectivity index (χ0v) is 14.2. The van der Waals surface area contributed by atoms with Gasteiger partial charge in [0.25, 0.3) is 0 Å². The number of sulfonamides is 1. The topological polar surface area (TPSA) is 66.5 Å². The minimum absolute atomic E-state index is 0.0408. The van der Waals surface area contributed by atoms with Crippen molar-refractivity contribution < 1.29 is 13.2 Å². The number of piperidine rings is 1. The second kappa shape index (κ2) is 6.79. The quantitative estimate of drug-likeness (QED) is 0.926. The fourth-order valence-electron chi connectivity index (χ4n) is 2.56. The monoisotopic (exact) mass is 324 g/mol. The molecule has 1 atom stereocenters. The molecule has 1 fully saturated rings. The molecule has 2 rings (SSSR count). The summed E-state index contributed by atoms with van der Waals surface area (Å²) < 4.78 is 26.9. The highest BCUT2D eigenvalue weighted by Crippen LogP contribution is 2.25. The van der Waals surface area contributed by atoms with Crippen molar-refractivity contribution in [1.29, 1.82) is 0 Å². The summed E-state index contributed by atoms with van der Waals surface area (Å²) in [7, 11) is -3.45. The first-order chi connectivity index (χ1) is 10.3. The lowest BCUT2D eigenvalue weighted by molar-refractivity contribution is -0.118. The molecule has 1 heterocycles. The van der Waals surface area contributed by atoms with Crippen LogP contribution in [0.15, 0.2) is 29.2 Å². The number of benzene rings is 1. The van der Waals surface area contributed by atoms with Crippen LogP contribution < -0.4 is 5.32 Å². The Morgan fingerprint density at radius 3 is 2.41 bits per heavy atom. The highest BCUT2D eigenvalue weighted by molar-refractivity contribution is 7.89. The number of amides is 1. The van der Waals surface area contributed by atoms with Crippen LogP contribution in [0.4, 0.5) is 5.69 Å². The number of anilines is 1. The van der Waals surface area contributed by atoms with E-state index in [1.54, 1.807) is 28.6 Å². The number of carbonyl (C=O) groups excluding carboxylic acids is 1. The van der Waals surface area contributed by atoms with E-state index in [0.717, 1.165) is 19.3 Å². The third kappa shape index (κ3) is 3.67. The number of nitrogens with zero attached hydrogens (tertiary/aromatic N) is 1. The Kier molecular flexibility index (Phi) is 5.24. The van der Waals surface area contributed by atoms with Crippen molar-refractivity contribution in [3.8, 4) is 0 Å². The summed E-state index contributed by atoms with van der Waals surface area (Å²) in [4.78, 5) is 11.9. The fourth-order valence-corrected chi connectivity index (χ4v) is 4.26. The van der Waals surface area contributed by atoms with E-state index in [1.807, 2.05) is 20.8 Å². The number of hydrogen-bond donors (Lipinski definition) is 1. The SMILES string of the molecule is CC(C)C(=O)Nc1ccc(S(=O)(=O)N2CCCC[C@H]2C)cc1. The van der Waals surface area contributed by atoms with Crippen molar-refractivity contribution in [3.05, 3.63) is 24.3 Å². The summed E-state index contributed by atoms with van der Waals surface area (Å²) in [6.45, 7) is 6.15. The molecule has 5 nitrogen and oxygen atoms in total. The van der Waals surface area contributed by atoms with E-state index in [0.29, 0.717) is 12.2 Å². The molecule has 1 aliphatic rings. The van der Waals surface area contributed by atoms with E-state index in [-0.39, 0.29) is 22.8 Å². The average molecular weight is 324 g/mol. The second-order valence-corrected chi connectivity index (χ2v) is 8.02. The van der Waals surface area contributed by atoms with E-state index in [9.17, 15) is 13.2 Å². The maximum atomic E-state index is 12.7. The first-order valence-corrected chi connectivity index (χ1v) is 9.19. The van der Waals surface area contributed by atoms with Crippen molar-refractivity contribution in [2.45, 2.75) is 51.0 Å². The number of hydrogen-bond acceptors (Lipinski definition) is 3. The Hall–Kier alpha value is -1.40. The van der Waals surface area contributed by atoms with Crippen molar-refractivity contribution >= 4 is 21.6 Å². The first kappa shape index (κ1) is 17.0. The number of carbonyl (C=O) groups is 1. The fraction of sp³-hybridized carbons (Fsp3) is 0.562. The van der Waals surface area contributed by atoms with E-state index < -0.39 is 10.0 Å². The average Bonchev–Trinajstić information content (AvgIpc) is 2.48. The highest BCUT2D eigenvalue weighted by atomic mass is 32.2. The van der Waals surface area contributed by atoms with Crippen molar-refractivity contribution in [2.75, 3.05) is 11.9 Å². The largest absolute Gasteiger partial charge is 0.326 e. The molecule has 0 bridgehead atoms. The molecular formula is C16H24N2O3S. The van der Waals surface area contributed by atoms with Gasteiger partial charge in [-0.2, -0.15) is 4.31 Å². The van der Waals surface area contributed by atoms with Gasteiger partial charge in [0.15, 0.2) is 0 Å². The molecule has 0 aromatic heterocycles. The lowest BCUT2D eigenvalue weighted by atomic mass is 10.1. The Morgan fingerprint density at radius 2 is 1.86 bits per heavy atom. The molecule has 0 saturated carbocycles. The minimum Gasteiger partial charge on any atom is -0.326 e. The molecule has 0 aliphatic carbocycles. The van der Waals surface area contributed by atoms with Gasteiger partial charge in [-0.25, -0.2) is 8.42 Å². The van der Waals surface area contributed by atoms with Gasteiger partial charge in [0.1, 0.15) is 0 Å². The number of rotatable bonds is 4. The summed E-state index contributed by atoms with van der Waals surface area (Å²) >= 11 is 0. The summed E-state index contributed by atoms with van der Waals surface area (Å²) in [5, 5.41) is 2.76. The lowest BCUT2D eigenvalue weighted by Crippen LogP contribution is -2.41. The molecule has 1 saturated heterocycles. The summed E-state index contributed by atoms with van der Waals surface area (Å²) in [5.74, 6) is -0.196. The maximum absolute atomic E-state index is 12.7. The van der Waals surface area contributed by atoms with Crippen molar-refractivity contribution in [3.63, 3.8) is 0 Å². The predicted molar refractivity (Wildman–Crippen MR) is 87.1 cm³/mol. The van der Waals surface area contributed by atoms with Crippen LogP contribution in [0.25, 0.3) is 0 Å². The molecule has 1 aromatic carbocycles. The van der Waals surface area contributed by atoms with Gasteiger partial charge in [-0.15, -0.1) is 0 Å². The second-order valence-electron chi connectivity index (χ2n) is 6.13. The molecule has 6 heteroatoms. The molecule has 1 aliphatic heterocycles. The van der Waals surface area contributed by atoms with Gasteiger partial charge in [0.2, 0.25) is 15.9 Å². The molecule has 1 N–H and O–H groups in total. The van der Waals surface area contributed by atoms with Crippen LogP contribution in [0.3, 0.4) is 0 Å². The van der Waals surface area contributed by atoms with Crippen LogP contribution in [-0.4, -0.2) is 31.2 Å². The molecule has 122 valence electrons. The predicted octanol–water partition coefficient (Wildman–Crippen LogP) is 2.84. The zero-order valence-electron chi connectivity index (χ0n) is 13.4. The van der Waals surface area contributed by atoms with Crippen LogP contribution in [0.2, 0.25) is 0 Å². The maximum Gasteiger partial charge on any atom is 0.243 e. The molecule has 0 spiro atoms. The summed E-state index contributed by atoms with van der Waals surface area (Å²) in [6, 6.07) is 6.45. The number of nitrogens with one attached hydrogen (secondary N) is 1. The van der Waals surface area contributed by atoms with E-state index in [2.05, 4.69) is 5.32 Å². The van der Waals surface area contributed by atoms with Gasteiger partial charge < -0.3 is 5.32 Å². The minimum atomic E-state index is -3.45. The molecule has 1 amide bonds. The standard InChI is InChI=1S/C16H24N2O3S/c1-12(2)16(19)17-14-7-9-15(10-8-14)22(20,21)18-11-5-4-6-13(18)3/h7-10,12-13H,4-6,11H2,1-3H3,(H,17,19)/t13-/m1/s1. The van der Waals surface area contributed by atoms with Gasteiger partial charge in [0, 0.05) is 24.2 Å². The Labute approximate surface area is 132 Å². The molecule has 1 aromatic rings. The normalized spacial score (nSPS) is 20.1. The summed E-state index contributed by atoms with van der Waals surface area (Å²) in [5.41, 5.74) is 0.615. The van der Waals surface area contributed by atoms with Gasteiger partial charge in [-0.3, -0.25) is 4.79 Å². The van der Waals surface area contributed by atoms with Crippen LogP contribution in [0.1, 0.15) is 40.0 Å². The Bertz CT molecular complexity index is 623. The van der Waals surface area contributed by atoms with E-state index >= 15 is 0 Å². The van der Waals surface area contributed by atoms with Gasteiger partial charge >= 0.3 is 0 Å². The molecule has 22 heavy (non-hydrogen) atoms. The third-order valence-electron chi connectivity index (χ3n) is 3.99. The van der Waals surface area contributed by atoms with E-state index in [1.165, 1.54) is 0 Å². The smallest absolute Gasteiger partial charge is 0.243 e. The van der Waals surface area contributed by atoms with Crippen LogP contribution in [-0.2, 0) is 14.8 Å². The van der Waals surface area contributed by atoms with E-state index in [4.69, 9.17) is 0 Å².